The van der Waals surface area contributed by atoms with Crippen molar-refractivity contribution >= 4 is 38.1 Å². The Morgan fingerprint density at radius 2 is 1.94 bits per heavy atom. The Labute approximate surface area is 290 Å². The largest absolute Gasteiger partial charge is 0.508 e. The number of hydrogen-bond donors (Lipinski definition) is 2. The number of sulfonamides is 1. The number of alkyl halides is 1. The first kappa shape index (κ1) is 32.9. The molecule has 0 radical (unpaired) electrons. The average Bonchev–Trinajstić information content (AvgIpc) is 3.68. The number of aryl methyl sites for hydroxylation is 2. The van der Waals surface area contributed by atoms with Gasteiger partial charge in [-0.25, -0.2) is 17.2 Å². The van der Waals surface area contributed by atoms with E-state index in [1.165, 1.54) is 6.07 Å². The van der Waals surface area contributed by atoms with Crippen LogP contribution in [0.15, 0.2) is 30.3 Å². The Morgan fingerprint density at radius 3 is 2.76 bits per heavy atom. The Bertz CT molecular complexity index is 2080. The molecule has 12 nitrogen and oxygen atoms in total. The van der Waals surface area contributed by atoms with E-state index >= 15 is 4.39 Å². The molecule has 2 aromatic heterocycles. The number of aromatic nitrogens is 4. The SMILES string of the molecule is CCc1c(F)ccc2cc(O)cc(N3CCc4c(nc(OC[C@@]56CCCN5C[C@H](F)C6)nc4N4CCCn5nc(NS(C)(=O)=O)cc5C4)C3)c12. The molecule has 4 aromatic rings. The minimum absolute atomic E-state index is 0.105. The number of aromatic hydroxyl groups is 1. The normalized spacial score (nSPS) is 22.4. The summed E-state index contributed by atoms with van der Waals surface area (Å²) in [5.74, 6) is 0.850. The fraction of sp³-hybridized carbons (Fsp3) is 0.514. The van der Waals surface area contributed by atoms with Crippen molar-refractivity contribution in [2.45, 2.75) is 76.8 Å². The summed E-state index contributed by atoms with van der Waals surface area (Å²) >= 11 is 0. The average molecular weight is 709 g/mol. The van der Waals surface area contributed by atoms with Gasteiger partial charge in [-0.05, 0) is 61.7 Å². The Morgan fingerprint density at radius 1 is 1.08 bits per heavy atom. The summed E-state index contributed by atoms with van der Waals surface area (Å²) in [6, 6.07) is 8.50. The Balaban J connectivity index is 1.17. The third-order valence-corrected chi connectivity index (χ3v) is 11.3. The molecule has 15 heteroatoms. The van der Waals surface area contributed by atoms with Gasteiger partial charge in [0.15, 0.2) is 5.82 Å². The van der Waals surface area contributed by atoms with Crippen molar-refractivity contribution in [3.8, 4) is 11.8 Å². The molecule has 2 atom stereocenters. The first-order valence-electron chi connectivity index (χ1n) is 17.4. The van der Waals surface area contributed by atoms with Crippen molar-refractivity contribution in [2.75, 3.05) is 53.6 Å². The number of nitrogens with zero attached hydrogens (tertiary/aromatic N) is 7. The third kappa shape index (κ3) is 6.08. The molecule has 0 amide bonds. The molecular weight excluding hydrogens is 667 g/mol. The van der Waals surface area contributed by atoms with Gasteiger partial charge in [-0.2, -0.15) is 15.1 Å². The number of phenolic OH excluding ortho intramolecular Hbond substituents is 1. The lowest BCUT2D eigenvalue weighted by Gasteiger charge is -2.35. The second-order valence-corrected chi connectivity index (χ2v) is 15.9. The van der Waals surface area contributed by atoms with Gasteiger partial charge in [0.05, 0.1) is 36.3 Å². The summed E-state index contributed by atoms with van der Waals surface area (Å²) < 4.78 is 64.3. The zero-order valence-electron chi connectivity index (χ0n) is 28.3. The predicted octanol–water partition coefficient (Wildman–Crippen LogP) is 4.53. The molecule has 4 aliphatic rings. The molecule has 0 unspecified atom stereocenters. The maximum Gasteiger partial charge on any atom is 0.318 e. The smallest absolute Gasteiger partial charge is 0.318 e. The molecule has 266 valence electrons. The van der Waals surface area contributed by atoms with Gasteiger partial charge in [0.2, 0.25) is 10.0 Å². The van der Waals surface area contributed by atoms with Crippen LogP contribution in [-0.4, -0.2) is 88.9 Å². The third-order valence-electron chi connectivity index (χ3n) is 10.7. The predicted molar refractivity (Wildman–Crippen MR) is 187 cm³/mol. The Kier molecular flexibility index (Phi) is 8.24. The van der Waals surface area contributed by atoms with Crippen molar-refractivity contribution in [1.29, 1.82) is 0 Å². The van der Waals surface area contributed by atoms with Crippen LogP contribution in [0.4, 0.5) is 26.1 Å². The van der Waals surface area contributed by atoms with Crippen molar-refractivity contribution in [3.63, 3.8) is 0 Å². The minimum atomic E-state index is -3.49. The Hall–Kier alpha value is -4.24. The van der Waals surface area contributed by atoms with Gasteiger partial charge in [-0.3, -0.25) is 14.3 Å². The lowest BCUT2D eigenvalue weighted by atomic mass is 9.95. The van der Waals surface area contributed by atoms with E-state index in [-0.39, 0.29) is 28.9 Å². The van der Waals surface area contributed by atoms with Crippen molar-refractivity contribution in [2.24, 2.45) is 0 Å². The van der Waals surface area contributed by atoms with Gasteiger partial charge < -0.3 is 19.6 Å². The van der Waals surface area contributed by atoms with Crippen LogP contribution in [-0.2, 0) is 42.5 Å². The summed E-state index contributed by atoms with van der Waals surface area (Å²) in [6.07, 6.45) is 4.36. The van der Waals surface area contributed by atoms with Gasteiger partial charge in [-0.15, -0.1) is 0 Å². The summed E-state index contributed by atoms with van der Waals surface area (Å²) in [5.41, 5.74) is 3.58. The quantitative estimate of drug-likeness (QED) is 0.270. The molecule has 0 saturated carbocycles. The maximum absolute atomic E-state index is 15.1. The molecule has 0 spiro atoms. The van der Waals surface area contributed by atoms with Crippen LogP contribution in [0.25, 0.3) is 10.8 Å². The molecule has 2 N–H and O–H groups in total. The molecule has 0 bridgehead atoms. The van der Waals surface area contributed by atoms with E-state index in [1.54, 1.807) is 24.3 Å². The summed E-state index contributed by atoms with van der Waals surface area (Å²) in [7, 11) is -3.49. The lowest BCUT2D eigenvalue weighted by molar-refractivity contribution is 0.107. The van der Waals surface area contributed by atoms with E-state index in [1.807, 2.05) is 11.6 Å². The van der Waals surface area contributed by atoms with Gasteiger partial charge >= 0.3 is 6.01 Å². The van der Waals surface area contributed by atoms with E-state index < -0.39 is 16.2 Å². The molecule has 4 aliphatic heterocycles. The van der Waals surface area contributed by atoms with Gasteiger partial charge in [0, 0.05) is 61.4 Å². The van der Waals surface area contributed by atoms with Crippen LogP contribution in [0.1, 0.15) is 55.1 Å². The molecular formula is C35H42F2N8O4S. The number of benzene rings is 2. The number of fused-ring (bicyclic) bond motifs is 4. The summed E-state index contributed by atoms with van der Waals surface area (Å²) in [4.78, 5) is 16.5. The maximum atomic E-state index is 15.1. The van der Waals surface area contributed by atoms with Gasteiger partial charge in [0.1, 0.15) is 30.2 Å². The van der Waals surface area contributed by atoms with E-state index in [4.69, 9.17) is 14.7 Å². The molecule has 8 rings (SSSR count). The van der Waals surface area contributed by atoms with Crippen LogP contribution in [0, 0.1) is 5.82 Å². The molecule has 6 heterocycles. The topological polar surface area (TPSA) is 129 Å². The number of ether oxygens (including phenoxy) is 1. The van der Waals surface area contributed by atoms with Crippen LogP contribution in [0.5, 0.6) is 11.8 Å². The number of halogens is 2. The lowest BCUT2D eigenvalue weighted by Crippen LogP contribution is -2.43. The second-order valence-electron chi connectivity index (χ2n) is 14.1. The molecule has 2 saturated heterocycles. The number of nitrogens with one attached hydrogen (secondary N) is 1. The van der Waals surface area contributed by atoms with E-state index in [0.717, 1.165) is 71.3 Å². The molecule has 0 aliphatic carbocycles. The van der Waals surface area contributed by atoms with Crippen molar-refractivity contribution < 1.29 is 27.0 Å². The highest BCUT2D eigenvalue weighted by atomic mass is 32.2. The molecule has 2 fully saturated rings. The standard InChI is InChI=1S/C35H42F2N8O4S/c1-3-26-28(37)7-6-22-14-25(46)16-30(32(22)26)42-13-8-27-29(20-42)38-34(49-21-35-9-4-11-44(35)18-23(36)17-35)39-33(27)43-10-5-12-45-24(19-43)15-31(40-45)41-50(2,47)48/h6-7,14-16,23,46H,3-5,8-13,17-21H2,1-2H3,(H,40,41)/t23-,35+/m1/s1. The van der Waals surface area contributed by atoms with Crippen LogP contribution < -0.4 is 19.3 Å². The number of hydrogen-bond acceptors (Lipinski definition) is 10. The zero-order chi connectivity index (χ0) is 34.8. The minimum Gasteiger partial charge on any atom is -0.508 e. The van der Waals surface area contributed by atoms with Crippen LogP contribution in [0.3, 0.4) is 0 Å². The van der Waals surface area contributed by atoms with Gasteiger partial charge in [-0.1, -0.05) is 13.0 Å². The van der Waals surface area contributed by atoms with E-state index in [9.17, 15) is 17.9 Å². The zero-order valence-corrected chi connectivity index (χ0v) is 29.1. The fourth-order valence-electron chi connectivity index (χ4n) is 8.52. The number of phenols is 1. The van der Waals surface area contributed by atoms with E-state index in [2.05, 4.69) is 24.5 Å². The first-order valence-corrected chi connectivity index (χ1v) is 19.3. The molecule has 2 aromatic carbocycles. The van der Waals surface area contributed by atoms with E-state index in [0.29, 0.717) is 70.7 Å². The van der Waals surface area contributed by atoms with Crippen LogP contribution >= 0.6 is 0 Å². The number of anilines is 3. The molecule has 50 heavy (non-hydrogen) atoms. The van der Waals surface area contributed by atoms with Crippen LogP contribution in [0.2, 0.25) is 0 Å². The monoisotopic (exact) mass is 708 g/mol. The number of rotatable bonds is 8. The van der Waals surface area contributed by atoms with Crippen molar-refractivity contribution in [3.05, 3.63) is 58.7 Å². The summed E-state index contributed by atoms with van der Waals surface area (Å²) in [6.45, 7) is 6.21. The summed E-state index contributed by atoms with van der Waals surface area (Å²) in [5, 5.41) is 16.8. The first-order chi connectivity index (χ1) is 24.0. The fourth-order valence-corrected chi connectivity index (χ4v) is 9.00. The highest BCUT2D eigenvalue weighted by molar-refractivity contribution is 7.92. The highest BCUT2D eigenvalue weighted by Crippen LogP contribution is 2.42. The van der Waals surface area contributed by atoms with Gasteiger partial charge in [0.25, 0.3) is 0 Å². The van der Waals surface area contributed by atoms with Crippen molar-refractivity contribution in [1.82, 2.24) is 24.6 Å². The highest BCUT2D eigenvalue weighted by Gasteiger charge is 2.49. The second kappa shape index (κ2) is 12.5.